The normalized spacial score (nSPS) is 15.6. The van der Waals surface area contributed by atoms with Gasteiger partial charge >= 0.3 is 0 Å². The maximum Gasteiger partial charge on any atom is 0.125 e. The lowest BCUT2D eigenvalue weighted by molar-refractivity contribution is 0.592. The van der Waals surface area contributed by atoms with E-state index in [4.69, 9.17) is 0 Å². The molecule has 92 valence electrons. The molecular weight excluding hydrogens is 227 g/mol. The molecule has 0 saturated carbocycles. The number of rotatable bonds is 0. The van der Waals surface area contributed by atoms with Crippen molar-refractivity contribution in [3.05, 3.63) is 47.5 Å². The molecule has 0 unspecified atom stereocenters. The van der Waals surface area contributed by atoms with Crippen LogP contribution < -0.4 is 5.32 Å². The largest absolute Gasteiger partial charge is 0.375 e. The van der Waals surface area contributed by atoms with E-state index in [2.05, 4.69) is 24.1 Å². The number of benzene rings is 1. The van der Waals surface area contributed by atoms with E-state index in [1.807, 2.05) is 25.3 Å². The van der Waals surface area contributed by atoms with E-state index in [0.29, 0.717) is 0 Å². The summed E-state index contributed by atoms with van der Waals surface area (Å²) in [5.74, 6) is -0.216. The molecule has 2 heterocycles. The van der Waals surface area contributed by atoms with Crippen LogP contribution in [0.15, 0.2) is 30.5 Å². The van der Waals surface area contributed by atoms with Gasteiger partial charge in [0.05, 0.1) is 5.54 Å². The number of nitrogens with one attached hydrogen (secondary N) is 1. The molecule has 2 aromatic rings. The van der Waals surface area contributed by atoms with Crippen LogP contribution in [0.2, 0.25) is 0 Å². The number of pyridine rings is 1. The number of halogens is 1. The fraction of sp³-hybridized carbons (Fsp3) is 0.267. The Morgan fingerprint density at radius 1 is 1.17 bits per heavy atom. The van der Waals surface area contributed by atoms with Gasteiger partial charge in [0.1, 0.15) is 5.82 Å². The van der Waals surface area contributed by atoms with Crippen LogP contribution in [0.3, 0.4) is 0 Å². The predicted octanol–water partition coefficient (Wildman–Crippen LogP) is 3.86. The van der Waals surface area contributed by atoms with Crippen molar-refractivity contribution in [2.45, 2.75) is 26.3 Å². The fourth-order valence-electron chi connectivity index (χ4n) is 2.83. The van der Waals surface area contributed by atoms with E-state index in [-0.39, 0.29) is 11.4 Å². The molecular formula is C15H15FN2. The van der Waals surface area contributed by atoms with E-state index in [9.17, 15) is 4.39 Å². The summed E-state index contributed by atoms with van der Waals surface area (Å²) in [6.45, 7) is 6.19. The monoisotopic (exact) mass is 242 g/mol. The summed E-state index contributed by atoms with van der Waals surface area (Å²) in [7, 11) is 0. The Hall–Kier alpha value is -1.90. The molecule has 0 saturated heterocycles. The summed E-state index contributed by atoms with van der Waals surface area (Å²) in [5, 5.41) is 3.39. The maximum absolute atomic E-state index is 13.3. The van der Waals surface area contributed by atoms with E-state index in [0.717, 1.165) is 22.5 Å². The predicted molar refractivity (Wildman–Crippen MR) is 71.0 cm³/mol. The summed E-state index contributed by atoms with van der Waals surface area (Å²) < 4.78 is 13.3. The van der Waals surface area contributed by atoms with Crippen LogP contribution in [0.4, 0.5) is 10.1 Å². The molecule has 0 bridgehead atoms. The number of nitrogens with zero attached hydrogens (tertiary/aromatic N) is 1. The smallest absolute Gasteiger partial charge is 0.125 e. The Balaban J connectivity index is 2.35. The van der Waals surface area contributed by atoms with Gasteiger partial charge in [0.25, 0.3) is 0 Å². The second kappa shape index (κ2) is 3.55. The Kier molecular flexibility index (Phi) is 2.21. The molecule has 1 aromatic carbocycles. The topological polar surface area (TPSA) is 24.9 Å². The molecule has 0 fully saturated rings. The summed E-state index contributed by atoms with van der Waals surface area (Å²) in [5.41, 5.74) is 4.98. The third-order valence-electron chi connectivity index (χ3n) is 3.48. The van der Waals surface area contributed by atoms with Gasteiger partial charge in [0, 0.05) is 28.7 Å². The molecule has 3 heteroatoms. The summed E-state index contributed by atoms with van der Waals surface area (Å²) >= 11 is 0. The number of aromatic nitrogens is 1. The van der Waals surface area contributed by atoms with Gasteiger partial charge in [-0.25, -0.2) is 4.39 Å². The van der Waals surface area contributed by atoms with E-state index in [1.54, 1.807) is 6.07 Å². The van der Waals surface area contributed by atoms with Crippen molar-refractivity contribution in [3.8, 4) is 11.1 Å². The highest BCUT2D eigenvalue weighted by molar-refractivity contribution is 5.85. The molecule has 0 aliphatic carbocycles. The van der Waals surface area contributed by atoms with Gasteiger partial charge in [-0.05, 0) is 50.6 Å². The summed E-state index contributed by atoms with van der Waals surface area (Å²) in [6.07, 6.45) is 1.81. The zero-order valence-corrected chi connectivity index (χ0v) is 10.7. The average Bonchev–Trinajstić information content (AvgIpc) is 2.27. The van der Waals surface area contributed by atoms with Crippen molar-refractivity contribution in [2.75, 3.05) is 5.32 Å². The molecule has 1 aliphatic rings. The van der Waals surface area contributed by atoms with Gasteiger partial charge in [-0.2, -0.15) is 0 Å². The van der Waals surface area contributed by atoms with Gasteiger partial charge in [0.2, 0.25) is 0 Å². The number of hydrogen-bond donors (Lipinski definition) is 1. The van der Waals surface area contributed by atoms with Gasteiger partial charge in [-0.3, -0.25) is 4.98 Å². The maximum atomic E-state index is 13.3. The lowest BCUT2D eigenvalue weighted by Crippen LogP contribution is -2.33. The van der Waals surface area contributed by atoms with Gasteiger partial charge in [-0.1, -0.05) is 0 Å². The highest BCUT2D eigenvalue weighted by Crippen LogP contribution is 2.44. The SMILES string of the molecule is Cc1nccc2c1C(C)(C)Nc1cc(F)ccc1-2. The van der Waals surface area contributed by atoms with Crippen LogP contribution in [0.1, 0.15) is 25.1 Å². The minimum atomic E-state index is -0.242. The second-order valence-corrected chi connectivity index (χ2v) is 5.26. The standard InChI is InChI=1S/C15H15FN2/c1-9-14-12(6-7-17-9)11-5-4-10(16)8-13(11)18-15(14,2)3/h4-8,18H,1-3H3. The molecule has 0 atom stereocenters. The van der Waals surface area contributed by atoms with Crippen molar-refractivity contribution < 1.29 is 4.39 Å². The highest BCUT2D eigenvalue weighted by Gasteiger charge is 2.32. The Morgan fingerprint density at radius 2 is 1.94 bits per heavy atom. The van der Waals surface area contributed by atoms with Crippen molar-refractivity contribution in [1.82, 2.24) is 4.98 Å². The number of aryl methyl sites for hydroxylation is 1. The fourth-order valence-corrected chi connectivity index (χ4v) is 2.83. The first kappa shape index (κ1) is 11.2. The van der Waals surface area contributed by atoms with Crippen LogP contribution in [0.5, 0.6) is 0 Å². The number of anilines is 1. The average molecular weight is 242 g/mol. The van der Waals surface area contributed by atoms with Crippen LogP contribution >= 0.6 is 0 Å². The summed E-state index contributed by atoms with van der Waals surface area (Å²) in [4.78, 5) is 4.36. The molecule has 0 amide bonds. The lowest BCUT2D eigenvalue weighted by atomic mass is 9.82. The first-order chi connectivity index (χ1) is 8.49. The number of fused-ring (bicyclic) bond motifs is 3. The third kappa shape index (κ3) is 1.50. The first-order valence-corrected chi connectivity index (χ1v) is 6.03. The highest BCUT2D eigenvalue weighted by atomic mass is 19.1. The summed E-state index contributed by atoms with van der Waals surface area (Å²) in [6, 6.07) is 6.88. The Bertz CT molecular complexity index is 632. The zero-order chi connectivity index (χ0) is 12.9. The van der Waals surface area contributed by atoms with Crippen LogP contribution in [0, 0.1) is 12.7 Å². The molecule has 0 spiro atoms. The molecule has 0 radical (unpaired) electrons. The molecule has 1 aliphatic heterocycles. The zero-order valence-electron chi connectivity index (χ0n) is 10.7. The molecule has 1 N–H and O–H groups in total. The molecule has 1 aromatic heterocycles. The van der Waals surface area contributed by atoms with E-state index < -0.39 is 0 Å². The Labute approximate surface area is 106 Å². The second-order valence-electron chi connectivity index (χ2n) is 5.26. The van der Waals surface area contributed by atoms with Crippen molar-refractivity contribution in [3.63, 3.8) is 0 Å². The Morgan fingerprint density at radius 3 is 2.72 bits per heavy atom. The minimum absolute atomic E-state index is 0.216. The van der Waals surface area contributed by atoms with Crippen LogP contribution in [-0.4, -0.2) is 4.98 Å². The van der Waals surface area contributed by atoms with Gasteiger partial charge < -0.3 is 5.32 Å². The minimum Gasteiger partial charge on any atom is -0.375 e. The van der Waals surface area contributed by atoms with E-state index >= 15 is 0 Å². The van der Waals surface area contributed by atoms with Gasteiger partial charge in [-0.15, -0.1) is 0 Å². The molecule has 3 rings (SSSR count). The molecule has 18 heavy (non-hydrogen) atoms. The van der Waals surface area contributed by atoms with Crippen molar-refractivity contribution in [2.24, 2.45) is 0 Å². The lowest BCUT2D eigenvalue weighted by Gasteiger charge is -2.36. The third-order valence-corrected chi connectivity index (χ3v) is 3.48. The van der Waals surface area contributed by atoms with Crippen molar-refractivity contribution in [1.29, 1.82) is 0 Å². The van der Waals surface area contributed by atoms with Crippen LogP contribution in [0.25, 0.3) is 11.1 Å². The quantitative estimate of drug-likeness (QED) is 0.758. The van der Waals surface area contributed by atoms with Crippen molar-refractivity contribution >= 4 is 5.69 Å². The van der Waals surface area contributed by atoms with Gasteiger partial charge in [0.15, 0.2) is 0 Å². The first-order valence-electron chi connectivity index (χ1n) is 6.03. The van der Waals surface area contributed by atoms with Crippen LogP contribution in [-0.2, 0) is 5.54 Å². The number of hydrogen-bond acceptors (Lipinski definition) is 2. The van der Waals surface area contributed by atoms with E-state index in [1.165, 1.54) is 11.6 Å². The molecule has 2 nitrogen and oxygen atoms in total.